The average molecular weight is 396 g/mol. The standard InChI is InChI=1S/C20H33N3O3S/c1-4-5-6-8-13-21-20(24)18-16-17(27(25,26)22(2)3)11-12-19(18)23-14-9-7-10-15-23/h11-12,16H,4-10,13-15H2,1-3H3,(H,21,24). The van der Waals surface area contributed by atoms with Gasteiger partial charge in [-0.2, -0.15) is 0 Å². The first-order valence-corrected chi connectivity index (χ1v) is 11.4. The Kier molecular flexibility index (Phi) is 8.10. The van der Waals surface area contributed by atoms with E-state index in [0.29, 0.717) is 12.1 Å². The fourth-order valence-corrected chi connectivity index (χ4v) is 4.26. The highest BCUT2D eigenvalue weighted by Gasteiger charge is 2.24. The number of hydrogen-bond acceptors (Lipinski definition) is 4. The summed E-state index contributed by atoms with van der Waals surface area (Å²) >= 11 is 0. The lowest BCUT2D eigenvalue weighted by Gasteiger charge is -2.30. The smallest absolute Gasteiger partial charge is 0.253 e. The zero-order chi connectivity index (χ0) is 19.9. The lowest BCUT2D eigenvalue weighted by Crippen LogP contribution is -2.33. The van der Waals surface area contributed by atoms with Crippen LogP contribution in [0.25, 0.3) is 0 Å². The first-order chi connectivity index (χ1) is 12.9. The Labute approximate surface area is 164 Å². The number of nitrogens with zero attached hydrogens (tertiary/aromatic N) is 2. The van der Waals surface area contributed by atoms with Gasteiger partial charge in [0.25, 0.3) is 5.91 Å². The number of carbonyl (C=O) groups is 1. The maximum Gasteiger partial charge on any atom is 0.253 e. The minimum Gasteiger partial charge on any atom is -0.371 e. The Hall–Kier alpha value is -1.60. The number of anilines is 1. The van der Waals surface area contributed by atoms with Crippen molar-refractivity contribution in [2.45, 2.75) is 56.8 Å². The van der Waals surface area contributed by atoms with Gasteiger partial charge in [0.1, 0.15) is 0 Å². The molecule has 1 aromatic rings. The fraction of sp³-hybridized carbons (Fsp3) is 0.650. The third kappa shape index (κ3) is 5.69. The molecule has 0 unspecified atom stereocenters. The van der Waals surface area contributed by atoms with Crippen molar-refractivity contribution >= 4 is 21.6 Å². The van der Waals surface area contributed by atoms with E-state index in [1.54, 1.807) is 12.1 Å². The summed E-state index contributed by atoms with van der Waals surface area (Å²) in [6.45, 7) is 4.57. The van der Waals surface area contributed by atoms with Gasteiger partial charge in [0.05, 0.1) is 10.5 Å². The second-order valence-electron chi connectivity index (χ2n) is 7.33. The van der Waals surface area contributed by atoms with Gasteiger partial charge >= 0.3 is 0 Å². The third-order valence-corrected chi connectivity index (χ3v) is 6.81. The molecule has 1 aromatic carbocycles. The van der Waals surface area contributed by atoms with Gasteiger partial charge in [-0.3, -0.25) is 4.79 Å². The minimum atomic E-state index is -3.58. The van der Waals surface area contributed by atoms with Crippen molar-refractivity contribution in [1.29, 1.82) is 0 Å². The van der Waals surface area contributed by atoms with Crippen molar-refractivity contribution < 1.29 is 13.2 Å². The zero-order valence-corrected chi connectivity index (χ0v) is 17.6. The maximum absolute atomic E-state index is 12.8. The predicted molar refractivity (Wildman–Crippen MR) is 110 cm³/mol. The van der Waals surface area contributed by atoms with Gasteiger partial charge in [-0.1, -0.05) is 26.2 Å². The molecule has 0 aromatic heterocycles. The van der Waals surface area contributed by atoms with Crippen LogP contribution in [0.2, 0.25) is 0 Å². The van der Waals surface area contributed by atoms with E-state index in [-0.39, 0.29) is 10.8 Å². The van der Waals surface area contributed by atoms with Crippen LogP contribution in [0.1, 0.15) is 62.2 Å². The first kappa shape index (κ1) is 21.7. The van der Waals surface area contributed by atoms with Gasteiger partial charge in [0.2, 0.25) is 10.0 Å². The van der Waals surface area contributed by atoms with Crippen molar-refractivity contribution in [3.05, 3.63) is 23.8 Å². The Morgan fingerprint density at radius 2 is 1.81 bits per heavy atom. The summed E-state index contributed by atoms with van der Waals surface area (Å²) in [5.74, 6) is -0.192. The molecule has 1 amide bonds. The molecule has 1 heterocycles. The van der Waals surface area contributed by atoms with Crippen molar-refractivity contribution in [2.75, 3.05) is 38.6 Å². The summed E-state index contributed by atoms with van der Waals surface area (Å²) in [4.78, 5) is 15.2. The lowest BCUT2D eigenvalue weighted by atomic mass is 10.1. The number of unbranched alkanes of at least 4 members (excludes halogenated alkanes) is 3. The van der Waals surface area contributed by atoms with Crippen molar-refractivity contribution in [3.63, 3.8) is 0 Å². The molecule has 0 spiro atoms. The quantitative estimate of drug-likeness (QED) is 0.652. The molecule has 0 bridgehead atoms. The fourth-order valence-electron chi connectivity index (χ4n) is 3.33. The summed E-state index contributed by atoms with van der Waals surface area (Å²) in [6.07, 6.45) is 7.72. The van der Waals surface area contributed by atoms with Crippen LogP contribution < -0.4 is 10.2 Å². The molecule has 1 aliphatic rings. The number of hydrogen-bond donors (Lipinski definition) is 1. The minimum absolute atomic E-state index is 0.157. The number of piperidine rings is 1. The van der Waals surface area contributed by atoms with Crippen LogP contribution in [0, 0.1) is 0 Å². The normalized spacial score (nSPS) is 15.2. The molecule has 1 aliphatic heterocycles. The van der Waals surface area contributed by atoms with Crippen LogP contribution in [0.3, 0.4) is 0 Å². The van der Waals surface area contributed by atoms with Crippen LogP contribution in [-0.4, -0.2) is 52.4 Å². The number of rotatable bonds is 9. The van der Waals surface area contributed by atoms with Gasteiger partial charge in [-0.05, 0) is 43.9 Å². The van der Waals surface area contributed by atoms with Crippen molar-refractivity contribution in [3.8, 4) is 0 Å². The van der Waals surface area contributed by atoms with Crippen LogP contribution in [0.5, 0.6) is 0 Å². The maximum atomic E-state index is 12.8. The molecular formula is C20H33N3O3S. The van der Waals surface area contributed by atoms with Crippen LogP contribution >= 0.6 is 0 Å². The molecule has 1 N–H and O–H groups in total. The molecule has 6 nitrogen and oxygen atoms in total. The molecule has 152 valence electrons. The summed E-state index contributed by atoms with van der Waals surface area (Å²) in [5, 5.41) is 2.97. The molecule has 0 radical (unpaired) electrons. The molecule has 2 rings (SSSR count). The Morgan fingerprint density at radius 1 is 1.11 bits per heavy atom. The number of benzene rings is 1. The summed E-state index contributed by atoms with van der Waals surface area (Å²) < 4.78 is 26.2. The summed E-state index contributed by atoms with van der Waals surface area (Å²) in [7, 11) is -0.575. The van der Waals surface area contributed by atoms with E-state index in [9.17, 15) is 13.2 Å². The number of sulfonamides is 1. The highest BCUT2D eigenvalue weighted by Crippen LogP contribution is 2.27. The second-order valence-corrected chi connectivity index (χ2v) is 9.48. The molecular weight excluding hydrogens is 362 g/mol. The van der Waals surface area contributed by atoms with Crippen molar-refractivity contribution in [1.82, 2.24) is 9.62 Å². The summed E-state index contributed by atoms with van der Waals surface area (Å²) in [6, 6.07) is 4.92. The van der Waals surface area contributed by atoms with E-state index in [2.05, 4.69) is 17.1 Å². The van der Waals surface area contributed by atoms with E-state index in [1.807, 2.05) is 0 Å². The van der Waals surface area contributed by atoms with E-state index in [1.165, 1.54) is 30.9 Å². The largest absolute Gasteiger partial charge is 0.371 e. The van der Waals surface area contributed by atoms with E-state index >= 15 is 0 Å². The van der Waals surface area contributed by atoms with Gasteiger partial charge in [-0.15, -0.1) is 0 Å². The molecule has 0 saturated carbocycles. The van der Waals surface area contributed by atoms with E-state index in [4.69, 9.17) is 0 Å². The highest BCUT2D eigenvalue weighted by atomic mass is 32.2. The van der Waals surface area contributed by atoms with Gasteiger partial charge in [0, 0.05) is 39.4 Å². The molecule has 1 fully saturated rings. The second kappa shape index (κ2) is 10.1. The van der Waals surface area contributed by atoms with Gasteiger partial charge in [0.15, 0.2) is 0 Å². The highest BCUT2D eigenvalue weighted by molar-refractivity contribution is 7.89. The molecule has 27 heavy (non-hydrogen) atoms. The van der Waals surface area contributed by atoms with Crippen LogP contribution in [0.15, 0.2) is 23.1 Å². The number of carbonyl (C=O) groups excluding carboxylic acids is 1. The topological polar surface area (TPSA) is 69.7 Å². The average Bonchev–Trinajstić information content (AvgIpc) is 2.67. The zero-order valence-electron chi connectivity index (χ0n) is 16.8. The Morgan fingerprint density at radius 3 is 2.44 bits per heavy atom. The lowest BCUT2D eigenvalue weighted by molar-refractivity contribution is 0.0953. The third-order valence-electron chi connectivity index (χ3n) is 5.00. The molecule has 7 heteroatoms. The van der Waals surface area contributed by atoms with Crippen LogP contribution in [0.4, 0.5) is 5.69 Å². The van der Waals surface area contributed by atoms with Crippen LogP contribution in [-0.2, 0) is 10.0 Å². The summed E-state index contributed by atoms with van der Waals surface area (Å²) in [5.41, 5.74) is 1.29. The Balaban J connectivity index is 2.27. The van der Waals surface area contributed by atoms with Gasteiger partial charge < -0.3 is 10.2 Å². The molecule has 0 aliphatic carbocycles. The van der Waals surface area contributed by atoms with E-state index < -0.39 is 10.0 Å². The van der Waals surface area contributed by atoms with E-state index in [0.717, 1.165) is 57.3 Å². The SMILES string of the molecule is CCCCCCNC(=O)c1cc(S(=O)(=O)N(C)C)ccc1N1CCCCC1. The van der Waals surface area contributed by atoms with Crippen molar-refractivity contribution in [2.24, 2.45) is 0 Å². The first-order valence-electron chi connectivity index (χ1n) is 9.97. The monoisotopic (exact) mass is 395 g/mol. The molecule has 0 atom stereocenters. The number of amides is 1. The Bertz CT molecular complexity index is 726. The molecule has 1 saturated heterocycles. The van der Waals surface area contributed by atoms with Gasteiger partial charge in [-0.25, -0.2) is 12.7 Å². The number of nitrogens with one attached hydrogen (secondary N) is 1. The predicted octanol–water partition coefficient (Wildman–Crippen LogP) is 3.24.